The number of carbonyl (C=O) groups is 1. The van der Waals surface area contributed by atoms with Gasteiger partial charge in [0, 0.05) is 18.0 Å². The van der Waals surface area contributed by atoms with Crippen LogP contribution < -0.4 is 0 Å². The highest BCUT2D eigenvalue weighted by Crippen LogP contribution is 2.29. The number of rotatable bonds is 5. The van der Waals surface area contributed by atoms with Gasteiger partial charge in [-0.3, -0.25) is 14.3 Å². The maximum absolute atomic E-state index is 10.9. The van der Waals surface area contributed by atoms with Gasteiger partial charge in [-0.1, -0.05) is 29.5 Å². The van der Waals surface area contributed by atoms with E-state index in [9.17, 15) is 4.79 Å². The standard InChI is InChI=1S/C17H16N4O2S/c1-11-5-6-14(12(2)8-11)21-16(13-4-3-7-18-9-13)19-20-17(21)24-10-15(22)23/h3-9H,10H2,1-2H3,(H,22,23). The first kappa shape index (κ1) is 16.2. The maximum Gasteiger partial charge on any atom is 0.313 e. The molecule has 24 heavy (non-hydrogen) atoms. The van der Waals surface area contributed by atoms with Crippen LogP contribution in [0.4, 0.5) is 0 Å². The Balaban J connectivity index is 2.15. The summed E-state index contributed by atoms with van der Waals surface area (Å²) in [6, 6.07) is 9.83. The molecule has 0 amide bonds. The van der Waals surface area contributed by atoms with E-state index in [0.29, 0.717) is 11.0 Å². The van der Waals surface area contributed by atoms with Crippen LogP contribution in [0.5, 0.6) is 0 Å². The SMILES string of the molecule is Cc1ccc(-n2c(SCC(=O)O)nnc2-c2cccnc2)c(C)c1. The molecule has 2 aromatic heterocycles. The molecule has 0 fully saturated rings. The van der Waals surface area contributed by atoms with Crippen LogP contribution in [-0.2, 0) is 4.79 Å². The molecule has 1 aromatic carbocycles. The van der Waals surface area contributed by atoms with Crippen molar-refractivity contribution < 1.29 is 9.90 Å². The van der Waals surface area contributed by atoms with Gasteiger partial charge in [-0.15, -0.1) is 10.2 Å². The summed E-state index contributed by atoms with van der Waals surface area (Å²) in [7, 11) is 0. The third kappa shape index (κ3) is 3.30. The molecule has 0 atom stereocenters. The highest BCUT2D eigenvalue weighted by atomic mass is 32.2. The molecule has 0 unspecified atom stereocenters. The number of thioether (sulfide) groups is 1. The van der Waals surface area contributed by atoms with Gasteiger partial charge in [0.1, 0.15) is 0 Å². The van der Waals surface area contributed by atoms with E-state index in [1.165, 1.54) is 0 Å². The minimum absolute atomic E-state index is 0.0733. The molecule has 0 saturated heterocycles. The Morgan fingerprint density at radius 2 is 2.08 bits per heavy atom. The van der Waals surface area contributed by atoms with E-state index in [1.807, 2.05) is 42.7 Å². The second kappa shape index (κ2) is 6.84. The molecule has 0 bridgehead atoms. The van der Waals surface area contributed by atoms with Crippen molar-refractivity contribution in [3.63, 3.8) is 0 Å². The van der Waals surface area contributed by atoms with Crippen molar-refractivity contribution in [1.82, 2.24) is 19.7 Å². The molecule has 3 aromatic rings. The zero-order chi connectivity index (χ0) is 17.1. The minimum atomic E-state index is -0.891. The quantitative estimate of drug-likeness (QED) is 0.719. The number of aryl methyl sites for hydroxylation is 2. The van der Waals surface area contributed by atoms with Gasteiger partial charge in [0.2, 0.25) is 0 Å². The molecule has 122 valence electrons. The third-order valence-corrected chi connectivity index (χ3v) is 4.38. The van der Waals surface area contributed by atoms with Crippen molar-refractivity contribution in [3.8, 4) is 17.1 Å². The maximum atomic E-state index is 10.9. The largest absolute Gasteiger partial charge is 0.481 e. The first-order valence-corrected chi connectivity index (χ1v) is 8.33. The van der Waals surface area contributed by atoms with Gasteiger partial charge in [0.25, 0.3) is 0 Å². The monoisotopic (exact) mass is 340 g/mol. The normalized spacial score (nSPS) is 10.8. The predicted octanol–water partition coefficient (Wildman–Crippen LogP) is 3.12. The molecule has 0 aliphatic carbocycles. The average Bonchev–Trinajstić information content (AvgIpc) is 2.97. The Morgan fingerprint density at radius 1 is 1.25 bits per heavy atom. The first-order valence-electron chi connectivity index (χ1n) is 7.34. The lowest BCUT2D eigenvalue weighted by atomic mass is 10.1. The van der Waals surface area contributed by atoms with Crippen LogP contribution >= 0.6 is 11.8 Å². The van der Waals surface area contributed by atoms with Gasteiger partial charge in [-0.05, 0) is 37.6 Å². The van der Waals surface area contributed by atoms with Crippen LogP contribution in [-0.4, -0.2) is 36.6 Å². The topological polar surface area (TPSA) is 80.9 Å². The molecule has 2 heterocycles. The van der Waals surface area contributed by atoms with Gasteiger partial charge in [0.15, 0.2) is 11.0 Å². The summed E-state index contributed by atoms with van der Waals surface area (Å²) in [5.41, 5.74) is 3.98. The lowest BCUT2D eigenvalue weighted by molar-refractivity contribution is -0.133. The van der Waals surface area contributed by atoms with Gasteiger partial charge >= 0.3 is 5.97 Å². The van der Waals surface area contributed by atoms with Crippen molar-refractivity contribution in [2.45, 2.75) is 19.0 Å². The van der Waals surface area contributed by atoms with Crippen molar-refractivity contribution in [3.05, 3.63) is 53.9 Å². The van der Waals surface area contributed by atoms with E-state index in [1.54, 1.807) is 12.4 Å². The molecule has 6 nitrogen and oxygen atoms in total. The van der Waals surface area contributed by atoms with E-state index >= 15 is 0 Å². The second-order valence-electron chi connectivity index (χ2n) is 5.36. The molecule has 0 saturated carbocycles. The van der Waals surface area contributed by atoms with E-state index < -0.39 is 5.97 Å². The number of benzene rings is 1. The number of nitrogens with zero attached hydrogens (tertiary/aromatic N) is 4. The molecule has 7 heteroatoms. The van der Waals surface area contributed by atoms with Crippen LogP contribution in [0.1, 0.15) is 11.1 Å². The zero-order valence-corrected chi connectivity index (χ0v) is 14.1. The fraction of sp³-hybridized carbons (Fsp3) is 0.176. The van der Waals surface area contributed by atoms with E-state index in [-0.39, 0.29) is 5.75 Å². The highest BCUT2D eigenvalue weighted by Gasteiger charge is 2.18. The highest BCUT2D eigenvalue weighted by molar-refractivity contribution is 7.99. The van der Waals surface area contributed by atoms with Gasteiger partial charge in [0.05, 0.1) is 11.4 Å². The summed E-state index contributed by atoms with van der Waals surface area (Å²) in [6.45, 7) is 4.05. The molecular weight excluding hydrogens is 324 g/mol. The first-order chi connectivity index (χ1) is 11.6. The summed E-state index contributed by atoms with van der Waals surface area (Å²) < 4.78 is 1.89. The molecule has 1 N–H and O–H groups in total. The molecule has 0 radical (unpaired) electrons. The molecule has 0 aliphatic rings. The lowest BCUT2D eigenvalue weighted by Crippen LogP contribution is -2.04. The number of pyridine rings is 1. The van der Waals surface area contributed by atoms with Crippen LogP contribution in [0, 0.1) is 13.8 Å². The molecular formula is C17H16N4O2S. The molecule has 0 spiro atoms. The lowest BCUT2D eigenvalue weighted by Gasteiger charge is -2.13. The van der Waals surface area contributed by atoms with E-state index in [4.69, 9.17) is 5.11 Å². The number of hydrogen-bond acceptors (Lipinski definition) is 5. The van der Waals surface area contributed by atoms with Crippen LogP contribution in [0.25, 0.3) is 17.1 Å². The number of carboxylic acids is 1. The summed E-state index contributed by atoms with van der Waals surface area (Å²) in [5.74, 6) is -0.322. The second-order valence-corrected chi connectivity index (χ2v) is 6.30. The van der Waals surface area contributed by atoms with Crippen molar-refractivity contribution >= 4 is 17.7 Å². The van der Waals surface area contributed by atoms with Gasteiger partial charge in [-0.25, -0.2) is 0 Å². The smallest absolute Gasteiger partial charge is 0.313 e. The Hall–Kier alpha value is -2.67. The number of aliphatic carboxylic acids is 1. The summed E-state index contributed by atoms with van der Waals surface area (Å²) in [5, 5.41) is 18.0. The number of hydrogen-bond donors (Lipinski definition) is 1. The van der Waals surface area contributed by atoms with Crippen LogP contribution in [0.15, 0.2) is 47.9 Å². The Labute approximate surface area is 143 Å². The summed E-state index contributed by atoms with van der Waals surface area (Å²) >= 11 is 1.15. The van der Waals surface area contributed by atoms with E-state index in [2.05, 4.69) is 21.2 Å². The van der Waals surface area contributed by atoms with Crippen molar-refractivity contribution in [2.24, 2.45) is 0 Å². The molecule has 3 rings (SSSR count). The van der Waals surface area contributed by atoms with Crippen LogP contribution in [0.3, 0.4) is 0 Å². The summed E-state index contributed by atoms with van der Waals surface area (Å²) in [6.07, 6.45) is 3.41. The average molecular weight is 340 g/mol. The predicted molar refractivity (Wildman–Crippen MR) is 92.4 cm³/mol. The number of aromatic nitrogens is 4. The Kier molecular flexibility index (Phi) is 4.61. The fourth-order valence-corrected chi connectivity index (χ4v) is 3.11. The zero-order valence-electron chi connectivity index (χ0n) is 13.3. The minimum Gasteiger partial charge on any atom is -0.481 e. The number of carboxylic acid groups (broad SMARTS) is 1. The van der Waals surface area contributed by atoms with Gasteiger partial charge in [-0.2, -0.15) is 0 Å². The summed E-state index contributed by atoms with van der Waals surface area (Å²) in [4.78, 5) is 15.1. The van der Waals surface area contributed by atoms with Crippen molar-refractivity contribution in [1.29, 1.82) is 0 Å². The Morgan fingerprint density at radius 3 is 2.75 bits per heavy atom. The Bertz CT molecular complexity index is 878. The van der Waals surface area contributed by atoms with Gasteiger partial charge < -0.3 is 5.11 Å². The van der Waals surface area contributed by atoms with Crippen LogP contribution in [0.2, 0.25) is 0 Å². The molecule has 0 aliphatic heterocycles. The van der Waals surface area contributed by atoms with E-state index in [0.717, 1.165) is 34.1 Å². The fourth-order valence-electron chi connectivity index (χ4n) is 2.45. The van der Waals surface area contributed by atoms with Crippen molar-refractivity contribution in [2.75, 3.05) is 5.75 Å². The third-order valence-electron chi connectivity index (χ3n) is 3.47.